The van der Waals surface area contributed by atoms with Gasteiger partial charge in [0, 0.05) is 6.04 Å². The van der Waals surface area contributed by atoms with Crippen LogP contribution >= 0.6 is 0 Å². The summed E-state index contributed by atoms with van der Waals surface area (Å²) in [5.74, 6) is -0.982. The average Bonchev–Trinajstić information content (AvgIpc) is 2.70. The molecule has 150 valence electrons. The minimum atomic E-state index is -0.531. The summed E-state index contributed by atoms with van der Waals surface area (Å²) in [5.41, 5.74) is 0. The standard InChI is InChI=1S/C23H35NO3/c25-21-19(16-10-4-1-5-11-16)22(26)24(18-14-8-3-9-15-18)23(27)20(21)17-12-6-2-7-13-17/h16-20H,1-15H2. The van der Waals surface area contributed by atoms with E-state index in [4.69, 9.17) is 0 Å². The number of imide groups is 1. The van der Waals surface area contributed by atoms with Crippen molar-refractivity contribution in [3.05, 3.63) is 0 Å². The van der Waals surface area contributed by atoms with Crippen LogP contribution in [0.25, 0.3) is 0 Å². The second kappa shape index (κ2) is 8.45. The van der Waals surface area contributed by atoms with Crippen molar-refractivity contribution in [2.24, 2.45) is 23.7 Å². The highest BCUT2D eigenvalue weighted by molar-refractivity contribution is 6.20. The lowest BCUT2D eigenvalue weighted by atomic mass is 9.67. The number of likely N-dealkylation sites (tertiary alicyclic amines) is 1. The van der Waals surface area contributed by atoms with E-state index < -0.39 is 11.8 Å². The van der Waals surface area contributed by atoms with Gasteiger partial charge >= 0.3 is 0 Å². The molecule has 0 spiro atoms. The van der Waals surface area contributed by atoms with Crippen LogP contribution in [-0.4, -0.2) is 28.5 Å². The van der Waals surface area contributed by atoms with E-state index in [-0.39, 0.29) is 35.5 Å². The highest BCUT2D eigenvalue weighted by Crippen LogP contribution is 2.42. The Kier molecular flexibility index (Phi) is 5.99. The van der Waals surface area contributed by atoms with E-state index in [1.165, 1.54) is 19.3 Å². The van der Waals surface area contributed by atoms with Gasteiger partial charge in [0.2, 0.25) is 11.8 Å². The van der Waals surface area contributed by atoms with Gasteiger partial charge in [-0.1, -0.05) is 57.8 Å². The monoisotopic (exact) mass is 373 g/mol. The maximum absolute atomic E-state index is 13.5. The summed E-state index contributed by atoms with van der Waals surface area (Å²) in [7, 11) is 0. The average molecular weight is 374 g/mol. The van der Waals surface area contributed by atoms with Crippen molar-refractivity contribution in [2.45, 2.75) is 102 Å². The highest BCUT2D eigenvalue weighted by atomic mass is 16.2. The summed E-state index contributed by atoms with van der Waals surface area (Å²) in [6.45, 7) is 0. The number of hydrogen-bond donors (Lipinski definition) is 0. The van der Waals surface area contributed by atoms with Crippen LogP contribution in [0.15, 0.2) is 0 Å². The Morgan fingerprint density at radius 1 is 0.519 bits per heavy atom. The summed E-state index contributed by atoms with van der Waals surface area (Å²) < 4.78 is 0. The highest BCUT2D eigenvalue weighted by Gasteiger charge is 2.54. The lowest BCUT2D eigenvalue weighted by Crippen LogP contribution is -2.61. The van der Waals surface area contributed by atoms with E-state index in [9.17, 15) is 14.4 Å². The van der Waals surface area contributed by atoms with Crippen molar-refractivity contribution in [3.8, 4) is 0 Å². The number of carbonyl (C=O) groups is 3. The Bertz CT molecular complexity index is 469. The molecule has 0 aromatic heterocycles. The molecule has 1 saturated heterocycles. The molecule has 1 heterocycles. The number of nitrogens with zero attached hydrogens (tertiary/aromatic N) is 1. The van der Waals surface area contributed by atoms with Crippen LogP contribution in [0.3, 0.4) is 0 Å². The molecule has 2 atom stereocenters. The second-order valence-electron chi connectivity index (χ2n) is 9.49. The van der Waals surface area contributed by atoms with E-state index in [0.29, 0.717) is 0 Å². The smallest absolute Gasteiger partial charge is 0.240 e. The van der Waals surface area contributed by atoms with E-state index >= 15 is 0 Å². The lowest BCUT2D eigenvalue weighted by Gasteiger charge is -2.45. The largest absolute Gasteiger partial charge is 0.298 e. The number of piperidine rings is 1. The Hall–Kier alpha value is -1.19. The molecular weight excluding hydrogens is 338 g/mol. The molecule has 0 aromatic carbocycles. The molecule has 4 rings (SSSR count). The quantitative estimate of drug-likeness (QED) is 0.534. The van der Waals surface area contributed by atoms with E-state index in [0.717, 1.165) is 77.0 Å². The van der Waals surface area contributed by atoms with Gasteiger partial charge in [0.05, 0.1) is 0 Å². The van der Waals surface area contributed by atoms with Crippen LogP contribution < -0.4 is 0 Å². The number of hydrogen-bond acceptors (Lipinski definition) is 3. The molecule has 4 aliphatic rings. The minimum absolute atomic E-state index is 0.00383. The zero-order chi connectivity index (χ0) is 18.8. The maximum atomic E-state index is 13.5. The third-order valence-corrected chi connectivity index (χ3v) is 7.80. The van der Waals surface area contributed by atoms with Gasteiger partial charge in [0.25, 0.3) is 0 Å². The van der Waals surface area contributed by atoms with Crippen molar-refractivity contribution < 1.29 is 14.4 Å². The van der Waals surface area contributed by atoms with Crippen LogP contribution in [0.4, 0.5) is 0 Å². The first-order valence-corrected chi connectivity index (χ1v) is 11.6. The molecular formula is C23H35NO3. The summed E-state index contributed by atoms with van der Waals surface area (Å²) >= 11 is 0. The third kappa shape index (κ3) is 3.73. The molecule has 0 bridgehead atoms. The summed E-state index contributed by atoms with van der Waals surface area (Å²) in [6.07, 6.45) is 16.1. The zero-order valence-corrected chi connectivity index (χ0v) is 16.7. The van der Waals surface area contributed by atoms with E-state index in [1.54, 1.807) is 4.90 Å². The molecule has 1 aliphatic heterocycles. The van der Waals surface area contributed by atoms with Crippen molar-refractivity contribution in [1.82, 2.24) is 4.90 Å². The Morgan fingerprint density at radius 2 is 0.889 bits per heavy atom. The van der Waals surface area contributed by atoms with Gasteiger partial charge in [-0.3, -0.25) is 19.3 Å². The predicted molar refractivity (Wildman–Crippen MR) is 104 cm³/mol. The minimum Gasteiger partial charge on any atom is -0.298 e. The van der Waals surface area contributed by atoms with Gasteiger partial charge in [-0.25, -0.2) is 0 Å². The van der Waals surface area contributed by atoms with E-state index in [1.807, 2.05) is 0 Å². The number of amides is 2. The van der Waals surface area contributed by atoms with E-state index in [2.05, 4.69) is 0 Å². The SMILES string of the molecule is O=C1C(C2CCCCC2)C(=O)N(C2CCCCC2)C(=O)C1C1CCCCC1. The fourth-order valence-electron chi connectivity index (χ4n) is 6.35. The van der Waals surface area contributed by atoms with Crippen molar-refractivity contribution in [3.63, 3.8) is 0 Å². The lowest BCUT2D eigenvalue weighted by molar-refractivity contribution is -0.168. The summed E-state index contributed by atoms with van der Waals surface area (Å²) in [6, 6.07) is 0.0454. The fraction of sp³-hybridized carbons (Fsp3) is 0.870. The molecule has 3 aliphatic carbocycles. The van der Waals surface area contributed by atoms with Crippen LogP contribution in [0.2, 0.25) is 0 Å². The molecule has 0 radical (unpaired) electrons. The Balaban J connectivity index is 1.64. The fourth-order valence-corrected chi connectivity index (χ4v) is 6.35. The first kappa shape index (κ1) is 19.1. The van der Waals surface area contributed by atoms with Gasteiger partial charge in [0.15, 0.2) is 5.78 Å². The van der Waals surface area contributed by atoms with Gasteiger partial charge in [-0.2, -0.15) is 0 Å². The normalized spacial score (nSPS) is 32.9. The number of ketones is 1. The molecule has 4 heteroatoms. The van der Waals surface area contributed by atoms with Crippen molar-refractivity contribution >= 4 is 17.6 Å². The van der Waals surface area contributed by atoms with Gasteiger partial charge < -0.3 is 0 Å². The maximum Gasteiger partial charge on any atom is 0.240 e. The first-order chi connectivity index (χ1) is 13.2. The van der Waals surface area contributed by atoms with Gasteiger partial charge in [-0.15, -0.1) is 0 Å². The molecule has 4 nitrogen and oxygen atoms in total. The molecule has 3 saturated carbocycles. The van der Waals surface area contributed by atoms with Gasteiger partial charge in [0.1, 0.15) is 11.8 Å². The Labute approximate surface area is 163 Å². The second-order valence-corrected chi connectivity index (χ2v) is 9.49. The number of Topliss-reactive ketones (excluding diaryl/α,β-unsaturated/α-hetero) is 1. The van der Waals surface area contributed by atoms with Crippen LogP contribution in [0.1, 0.15) is 96.3 Å². The van der Waals surface area contributed by atoms with Crippen molar-refractivity contribution in [2.75, 3.05) is 0 Å². The molecule has 2 unspecified atom stereocenters. The number of carbonyl (C=O) groups excluding carboxylic acids is 3. The van der Waals surface area contributed by atoms with Crippen molar-refractivity contribution in [1.29, 1.82) is 0 Å². The summed E-state index contributed by atoms with van der Waals surface area (Å²) in [5, 5.41) is 0. The molecule has 27 heavy (non-hydrogen) atoms. The predicted octanol–water partition coefficient (Wildman–Crippen LogP) is 4.65. The molecule has 0 N–H and O–H groups in total. The Morgan fingerprint density at radius 3 is 1.30 bits per heavy atom. The first-order valence-electron chi connectivity index (χ1n) is 11.6. The topological polar surface area (TPSA) is 54.5 Å². The zero-order valence-electron chi connectivity index (χ0n) is 16.7. The number of rotatable bonds is 3. The molecule has 2 amide bonds. The molecule has 4 fully saturated rings. The summed E-state index contributed by atoms with van der Waals surface area (Å²) in [4.78, 5) is 42.0. The van der Waals surface area contributed by atoms with Crippen LogP contribution in [0, 0.1) is 23.7 Å². The van der Waals surface area contributed by atoms with Crippen LogP contribution in [0.5, 0.6) is 0 Å². The van der Waals surface area contributed by atoms with Gasteiger partial charge in [-0.05, 0) is 50.4 Å². The van der Waals surface area contributed by atoms with Crippen LogP contribution in [-0.2, 0) is 14.4 Å². The molecule has 0 aromatic rings. The third-order valence-electron chi connectivity index (χ3n) is 7.80.